The monoisotopic (exact) mass is 690 g/mol. The molecule has 6 nitrogen and oxygen atoms in total. The first-order valence-electron chi connectivity index (χ1n) is 14.5. The van der Waals surface area contributed by atoms with E-state index < -0.39 is 57.8 Å². The Bertz CT molecular complexity index is 1950. The molecule has 250 valence electrons. The van der Waals surface area contributed by atoms with Crippen molar-refractivity contribution < 1.29 is 50.2 Å². The van der Waals surface area contributed by atoms with Gasteiger partial charge in [-0.05, 0) is 96.1 Å². The molecule has 0 aliphatic carbocycles. The highest BCUT2D eigenvalue weighted by atomic mass is 32.2. The van der Waals surface area contributed by atoms with Crippen molar-refractivity contribution in [2.45, 2.75) is 49.5 Å². The van der Waals surface area contributed by atoms with Gasteiger partial charge in [-0.15, -0.1) is 0 Å². The Morgan fingerprint density at radius 1 is 0.917 bits per heavy atom. The first-order valence-corrected chi connectivity index (χ1v) is 15.4. The van der Waals surface area contributed by atoms with Crippen molar-refractivity contribution in [2.75, 3.05) is 7.11 Å². The molecule has 1 N–H and O–H groups in total. The molecule has 2 fully saturated rings. The highest BCUT2D eigenvalue weighted by Gasteiger charge is 2.50. The smallest absolute Gasteiger partial charge is 0.416 e. The van der Waals surface area contributed by atoms with E-state index in [2.05, 4.69) is 4.98 Å². The number of carbonyl (C=O) groups is 2. The minimum absolute atomic E-state index is 0.0408. The molecule has 2 aliphatic heterocycles. The number of pyridine rings is 1. The number of benzene rings is 3. The van der Waals surface area contributed by atoms with Crippen molar-refractivity contribution in [3.8, 4) is 28.1 Å². The number of thioether (sulfide) groups is 1. The lowest BCUT2D eigenvalue weighted by Crippen LogP contribution is -2.31. The Hall–Kier alpha value is -4.59. The Labute approximate surface area is 273 Å². The second-order valence-electron chi connectivity index (χ2n) is 11.6. The van der Waals surface area contributed by atoms with Crippen molar-refractivity contribution in [1.82, 2.24) is 9.88 Å². The Kier molecular flexibility index (Phi) is 8.42. The van der Waals surface area contributed by atoms with Gasteiger partial charge >= 0.3 is 18.3 Å². The first kappa shape index (κ1) is 33.3. The maximum atomic E-state index is 14.3. The molecule has 3 atom stereocenters. The Morgan fingerprint density at radius 3 is 2.27 bits per heavy atom. The number of methoxy groups -OCH3 is 1. The number of aryl methyl sites for hydroxylation is 1. The standard InChI is InChI=1S/C34H25F7N2O4S/c1-16-9-17(31(44)45)3-5-23(16)19-12-26(30(47-2)42-15-19)24-6-4-20(33(36,37)38)14-25(24)27-7-8-28-29(48-32(46)43(27)28)18-10-21(34(39,40)41)13-22(35)11-18/h3-6,9-15,27-29H,7-8H2,1-2H3,(H,44,45)/t27-,28?,29?/m0/s1. The molecule has 4 aromatic rings. The summed E-state index contributed by atoms with van der Waals surface area (Å²) in [5.74, 6) is -2.15. The average Bonchev–Trinajstić information content (AvgIpc) is 3.60. The quantitative estimate of drug-likeness (QED) is 0.203. The molecule has 0 bridgehead atoms. The van der Waals surface area contributed by atoms with E-state index >= 15 is 0 Å². The van der Waals surface area contributed by atoms with E-state index in [0.717, 1.165) is 24.3 Å². The molecule has 0 radical (unpaired) electrons. The number of aromatic nitrogens is 1. The topological polar surface area (TPSA) is 79.7 Å². The van der Waals surface area contributed by atoms with Gasteiger partial charge in [-0.25, -0.2) is 14.2 Å². The number of hydrogen-bond donors (Lipinski definition) is 1. The third-order valence-electron chi connectivity index (χ3n) is 8.65. The highest BCUT2D eigenvalue weighted by Crippen LogP contribution is 2.55. The number of aromatic carboxylic acids is 1. The lowest BCUT2D eigenvalue weighted by molar-refractivity contribution is -0.138. The number of rotatable bonds is 6. The van der Waals surface area contributed by atoms with Crippen LogP contribution in [0.3, 0.4) is 0 Å². The van der Waals surface area contributed by atoms with E-state index in [0.29, 0.717) is 40.1 Å². The summed E-state index contributed by atoms with van der Waals surface area (Å²) in [6.07, 6.45) is -7.64. The molecule has 1 amide bonds. The molecular formula is C34H25F7N2O4S. The number of alkyl halides is 6. The van der Waals surface area contributed by atoms with Crippen LogP contribution in [-0.4, -0.2) is 39.4 Å². The third-order valence-corrected chi connectivity index (χ3v) is 9.90. The molecule has 6 rings (SSSR count). The normalized spacial score (nSPS) is 19.5. The Balaban J connectivity index is 1.46. The van der Waals surface area contributed by atoms with E-state index in [9.17, 15) is 45.4 Å². The molecule has 48 heavy (non-hydrogen) atoms. The predicted octanol–water partition coefficient (Wildman–Crippen LogP) is 9.72. The van der Waals surface area contributed by atoms with Gasteiger partial charge in [-0.1, -0.05) is 23.9 Å². The Morgan fingerprint density at radius 2 is 1.62 bits per heavy atom. The zero-order valence-corrected chi connectivity index (χ0v) is 25.9. The van der Waals surface area contributed by atoms with Gasteiger partial charge in [0.05, 0.1) is 35.1 Å². The summed E-state index contributed by atoms with van der Waals surface area (Å²) in [5.41, 5.74) is 0.325. The molecule has 3 aromatic carbocycles. The van der Waals surface area contributed by atoms with E-state index in [1.54, 1.807) is 19.1 Å². The number of carbonyl (C=O) groups excluding carboxylic acids is 1. The van der Waals surface area contributed by atoms with E-state index in [4.69, 9.17) is 4.74 Å². The fourth-order valence-electron chi connectivity index (χ4n) is 6.52. The van der Waals surface area contributed by atoms with Gasteiger partial charge in [0.1, 0.15) is 5.82 Å². The number of ether oxygens (including phenoxy) is 1. The van der Waals surface area contributed by atoms with Crippen LogP contribution in [0.2, 0.25) is 0 Å². The molecule has 2 unspecified atom stereocenters. The zero-order chi connectivity index (χ0) is 34.7. The van der Waals surface area contributed by atoms with Crippen molar-refractivity contribution >= 4 is 23.0 Å². The molecule has 2 saturated heterocycles. The van der Waals surface area contributed by atoms with Crippen molar-refractivity contribution in [1.29, 1.82) is 0 Å². The van der Waals surface area contributed by atoms with Gasteiger partial charge < -0.3 is 14.7 Å². The van der Waals surface area contributed by atoms with Crippen LogP contribution >= 0.6 is 11.8 Å². The second-order valence-corrected chi connectivity index (χ2v) is 12.7. The van der Waals surface area contributed by atoms with Crippen LogP contribution in [0.4, 0.5) is 35.5 Å². The fraction of sp³-hybridized carbons (Fsp3) is 0.265. The van der Waals surface area contributed by atoms with E-state index in [1.807, 2.05) is 0 Å². The molecular weight excluding hydrogens is 665 g/mol. The zero-order valence-electron chi connectivity index (χ0n) is 25.1. The maximum Gasteiger partial charge on any atom is 0.416 e. The third kappa shape index (κ3) is 6.09. The van der Waals surface area contributed by atoms with Crippen LogP contribution < -0.4 is 4.74 Å². The number of amides is 1. The summed E-state index contributed by atoms with van der Waals surface area (Å²) in [6, 6.07) is 9.77. The van der Waals surface area contributed by atoms with Crippen LogP contribution in [0.5, 0.6) is 5.88 Å². The number of carboxylic acids is 1. The summed E-state index contributed by atoms with van der Waals surface area (Å²) in [7, 11) is 1.34. The van der Waals surface area contributed by atoms with Crippen molar-refractivity contribution in [3.05, 3.63) is 106 Å². The van der Waals surface area contributed by atoms with Gasteiger partial charge in [-0.2, -0.15) is 26.3 Å². The lowest BCUT2D eigenvalue weighted by Gasteiger charge is -2.28. The SMILES string of the molecule is COc1ncc(-c2ccc(C(=O)O)cc2C)cc1-c1ccc(C(F)(F)F)cc1[C@@H]1CCC2C(c3cc(F)cc(C(F)(F)F)c3)SC(=O)N21. The molecule has 3 heterocycles. The predicted molar refractivity (Wildman–Crippen MR) is 163 cm³/mol. The number of halogens is 7. The van der Waals surface area contributed by atoms with Gasteiger partial charge in [-0.3, -0.25) is 4.79 Å². The van der Waals surface area contributed by atoms with E-state index in [-0.39, 0.29) is 41.0 Å². The van der Waals surface area contributed by atoms with Crippen LogP contribution in [-0.2, 0) is 12.4 Å². The minimum atomic E-state index is -4.83. The van der Waals surface area contributed by atoms with Gasteiger partial charge in [0, 0.05) is 23.4 Å². The molecule has 1 aromatic heterocycles. The largest absolute Gasteiger partial charge is 0.481 e. The maximum absolute atomic E-state index is 14.3. The molecule has 2 aliphatic rings. The summed E-state index contributed by atoms with van der Waals surface area (Å²) in [5, 5.41) is 7.93. The molecule has 14 heteroatoms. The van der Waals surface area contributed by atoms with Crippen LogP contribution in [0.15, 0.2) is 66.9 Å². The molecule has 0 spiro atoms. The fourth-order valence-corrected chi connectivity index (χ4v) is 7.82. The van der Waals surface area contributed by atoms with Crippen LogP contribution in [0.25, 0.3) is 22.3 Å². The summed E-state index contributed by atoms with van der Waals surface area (Å²) < 4.78 is 102. The number of fused-ring (bicyclic) bond motifs is 1. The highest BCUT2D eigenvalue weighted by molar-refractivity contribution is 8.14. The van der Waals surface area contributed by atoms with Crippen molar-refractivity contribution in [2.24, 2.45) is 0 Å². The van der Waals surface area contributed by atoms with Gasteiger partial charge in [0.15, 0.2) is 0 Å². The minimum Gasteiger partial charge on any atom is -0.481 e. The van der Waals surface area contributed by atoms with Gasteiger partial charge in [0.2, 0.25) is 5.88 Å². The lowest BCUT2D eigenvalue weighted by atomic mass is 9.90. The number of carboxylic acid groups (broad SMARTS) is 1. The number of nitrogens with zero attached hydrogens (tertiary/aromatic N) is 2. The van der Waals surface area contributed by atoms with Crippen LogP contribution in [0, 0.1) is 12.7 Å². The second kappa shape index (κ2) is 12.1. The summed E-state index contributed by atoms with van der Waals surface area (Å²) in [6.45, 7) is 1.71. The summed E-state index contributed by atoms with van der Waals surface area (Å²) in [4.78, 5) is 30.7. The molecule has 0 saturated carbocycles. The van der Waals surface area contributed by atoms with Crippen LogP contribution in [0.1, 0.15) is 62.3 Å². The van der Waals surface area contributed by atoms with Gasteiger partial charge in [0.25, 0.3) is 5.24 Å². The average molecular weight is 691 g/mol. The number of hydrogen-bond acceptors (Lipinski definition) is 5. The van der Waals surface area contributed by atoms with Crippen molar-refractivity contribution in [3.63, 3.8) is 0 Å². The summed E-state index contributed by atoms with van der Waals surface area (Å²) >= 11 is 0.713. The van der Waals surface area contributed by atoms with E-state index in [1.165, 1.54) is 36.4 Å². The first-order chi connectivity index (χ1) is 22.6.